The van der Waals surface area contributed by atoms with Crippen molar-refractivity contribution >= 4 is 40.2 Å². The van der Waals surface area contributed by atoms with E-state index in [4.69, 9.17) is 4.74 Å². The molecule has 0 fully saturated rings. The van der Waals surface area contributed by atoms with E-state index in [1.54, 1.807) is 31.4 Å². The first kappa shape index (κ1) is 20.1. The van der Waals surface area contributed by atoms with Crippen LogP contribution in [0.5, 0.6) is 0 Å². The Morgan fingerprint density at radius 1 is 1.18 bits per heavy atom. The number of Topliss-reactive ketones (excluding diaryl/α,β-unsaturated/α-hetero) is 1. The predicted molar refractivity (Wildman–Crippen MR) is 112 cm³/mol. The van der Waals surface area contributed by atoms with Crippen molar-refractivity contribution in [3.8, 4) is 0 Å². The van der Waals surface area contributed by atoms with Gasteiger partial charge in [0.25, 0.3) is 0 Å². The van der Waals surface area contributed by atoms with Crippen molar-refractivity contribution in [2.45, 2.75) is 30.8 Å². The standard InChI is InChI=1S/C21H23N3O3S/c1-14(25)16-8-10-17(11-9-16)22-20(26)15(2)28-21-23-18-6-4-5-7-19(18)24(21)12-13-27-3/h4-11,15H,12-13H2,1-3H3,(H,22,26). The molecule has 28 heavy (non-hydrogen) atoms. The number of nitrogens with one attached hydrogen (secondary N) is 1. The molecule has 3 rings (SSSR count). The van der Waals surface area contributed by atoms with Crippen LogP contribution in [0.2, 0.25) is 0 Å². The highest BCUT2D eigenvalue weighted by atomic mass is 32.2. The van der Waals surface area contributed by atoms with Crippen molar-refractivity contribution in [2.75, 3.05) is 19.0 Å². The van der Waals surface area contributed by atoms with Gasteiger partial charge in [0, 0.05) is 24.9 Å². The highest BCUT2D eigenvalue weighted by Crippen LogP contribution is 2.28. The molecule has 1 heterocycles. The van der Waals surface area contributed by atoms with Gasteiger partial charge >= 0.3 is 0 Å². The normalized spacial score (nSPS) is 12.1. The molecule has 1 aromatic heterocycles. The van der Waals surface area contributed by atoms with E-state index >= 15 is 0 Å². The van der Waals surface area contributed by atoms with Crippen molar-refractivity contribution < 1.29 is 14.3 Å². The van der Waals surface area contributed by atoms with Gasteiger partial charge in [-0.05, 0) is 50.2 Å². The first-order chi connectivity index (χ1) is 13.5. The van der Waals surface area contributed by atoms with Crippen molar-refractivity contribution in [1.29, 1.82) is 0 Å². The molecule has 1 unspecified atom stereocenters. The van der Waals surface area contributed by atoms with Gasteiger partial charge in [-0.2, -0.15) is 0 Å². The van der Waals surface area contributed by atoms with E-state index in [-0.39, 0.29) is 16.9 Å². The number of fused-ring (bicyclic) bond motifs is 1. The molecule has 6 nitrogen and oxygen atoms in total. The second-order valence-corrected chi connectivity index (χ2v) is 7.72. The molecule has 1 N–H and O–H groups in total. The maximum Gasteiger partial charge on any atom is 0.237 e. The van der Waals surface area contributed by atoms with Crippen LogP contribution in [0.4, 0.5) is 5.69 Å². The van der Waals surface area contributed by atoms with Crippen molar-refractivity contribution in [2.24, 2.45) is 0 Å². The fraction of sp³-hybridized carbons (Fsp3) is 0.286. The Labute approximate surface area is 168 Å². The molecule has 146 valence electrons. The van der Waals surface area contributed by atoms with Crippen molar-refractivity contribution in [1.82, 2.24) is 9.55 Å². The monoisotopic (exact) mass is 397 g/mol. The van der Waals surface area contributed by atoms with E-state index in [1.165, 1.54) is 18.7 Å². The molecule has 1 amide bonds. The maximum atomic E-state index is 12.6. The van der Waals surface area contributed by atoms with Gasteiger partial charge in [0.15, 0.2) is 10.9 Å². The van der Waals surface area contributed by atoms with Crippen LogP contribution < -0.4 is 5.32 Å². The predicted octanol–water partition coefficient (Wildman–Crippen LogP) is 4.00. The minimum atomic E-state index is -0.342. The number of amides is 1. The lowest BCUT2D eigenvalue weighted by atomic mass is 10.1. The second-order valence-electron chi connectivity index (χ2n) is 6.41. The van der Waals surface area contributed by atoms with Gasteiger partial charge < -0.3 is 14.6 Å². The average Bonchev–Trinajstić information content (AvgIpc) is 3.03. The Morgan fingerprint density at radius 3 is 2.57 bits per heavy atom. The smallest absolute Gasteiger partial charge is 0.237 e. The fourth-order valence-electron chi connectivity index (χ4n) is 2.79. The van der Waals surface area contributed by atoms with Gasteiger partial charge in [-0.15, -0.1) is 0 Å². The Balaban J connectivity index is 1.73. The molecule has 0 saturated carbocycles. The molecule has 0 saturated heterocycles. The summed E-state index contributed by atoms with van der Waals surface area (Å²) < 4.78 is 7.29. The fourth-order valence-corrected chi connectivity index (χ4v) is 3.74. The largest absolute Gasteiger partial charge is 0.383 e. The Bertz CT molecular complexity index is 982. The molecule has 3 aromatic rings. The summed E-state index contributed by atoms with van der Waals surface area (Å²) in [7, 11) is 1.67. The number of methoxy groups -OCH3 is 1. The zero-order valence-corrected chi connectivity index (χ0v) is 17.0. The van der Waals surface area contributed by atoms with E-state index in [0.29, 0.717) is 24.4 Å². The summed E-state index contributed by atoms with van der Waals surface area (Å²) in [6, 6.07) is 14.8. The number of para-hydroxylation sites is 2. The van der Waals surface area contributed by atoms with Gasteiger partial charge in [-0.1, -0.05) is 23.9 Å². The van der Waals surface area contributed by atoms with Gasteiger partial charge in [-0.25, -0.2) is 4.98 Å². The van der Waals surface area contributed by atoms with Crippen LogP contribution >= 0.6 is 11.8 Å². The summed E-state index contributed by atoms with van der Waals surface area (Å²) in [5, 5.41) is 3.33. The number of anilines is 1. The molecule has 0 aliphatic carbocycles. The molecular weight excluding hydrogens is 374 g/mol. The van der Waals surface area contributed by atoms with Crippen molar-refractivity contribution in [3.05, 3.63) is 54.1 Å². The summed E-state index contributed by atoms with van der Waals surface area (Å²) in [6.07, 6.45) is 0. The van der Waals surface area contributed by atoms with Gasteiger partial charge in [0.2, 0.25) is 5.91 Å². The maximum absolute atomic E-state index is 12.6. The summed E-state index contributed by atoms with van der Waals surface area (Å²) in [5.74, 6) is -0.123. The molecule has 0 spiro atoms. The van der Waals surface area contributed by atoms with E-state index in [0.717, 1.165) is 16.2 Å². The summed E-state index contributed by atoms with van der Waals surface area (Å²) >= 11 is 1.41. The lowest BCUT2D eigenvalue weighted by Gasteiger charge is -2.13. The summed E-state index contributed by atoms with van der Waals surface area (Å²) in [5.41, 5.74) is 3.20. The van der Waals surface area contributed by atoms with E-state index in [2.05, 4.69) is 14.9 Å². The SMILES string of the molecule is COCCn1c(SC(C)C(=O)Nc2ccc(C(C)=O)cc2)nc2ccccc21. The number of carbonyl (C=O) groups excluding carboxylic acids is 2. The number of aromatic nitrogens is 2. The first-order valence-electron chi connectivity index (χ1n) is 9.02. The molecule has 0 aliphatic heterocycles. The van der Waals surface area contributed by atoms with Crippen LogP contribution in [0.15, 0.2) is 53.7 Å². The molecule has 0 aliphatic rings. The van der Waals surface area contributed by atoms with Gasteiger partial charge in [-0.3, -0.25) is 9.59 Å². The third kappa shape index (κ3) is 4.61. The summed E-state index contributed by atoms with van der Waals surface area (Å²) in [6.45, 7) is 4.60. The van der Waals surface area contributed by atoms with Gasteiger partial charge in [0.05, 0.1) is 22.9 Å². The van der Waals surface area contributed by atoms with E-state index < -0.39 is 0 Å². The number of rotatable bonds is 8. The van der Waals surface area contributed by atoms with E-state index in [9.17, 15) is 9.59 Å². The number of hydrogen-bond acceptors (Lipinski definition) is 5. The van der Waals surface area contributed by atoms with Crippen molar-refractivity contribution in [3.63, 3.8) is 0 Å². The number of carbonyl (C=O) groups is 2. The van der Waals surface area contributed by atoms with Crippen LogP contribution in [-0.4, -0.2) is 40.2 Å². The highest BCUT2D eigenvalue weighted by Gasteiger charge is 2.19. The van der Waals surface area contributed by atoms with Crippen LogP contribution in [0.1, 0.15) is 24.2 Å². The average molecular weight is 398 g/mol. The van der Waals surface area contributed by atoms with Crippen LogP contribution in [0, 0.1) is 0 Å². The second kappa shape index (κ2) is 9.03. The van der Waals surface area contributed by atoms with Crippen LogP contribution in [-0.2, 0) is 16.1 Å². The van der Waals surface area contributed by atoms with Crippen LogP contribution in [0.3, 0.4) is 0 Å². The number of ketones is 1. The first-order valence-corrected chi connectivity index (χ1v) is 9.90. The minimum Gasteiger partial charge on any atom is -0.383 e. The van der Waals surface area contributed by atoms with Gasteiger partial charge in [0.1, 0.15) is 0 Å². The third-order valence-electron chi connectivity index (χ3n) is 4.35. The Morgan fingerprint density at radius 2 is 1.89 bits per heavy atom. The molecule has 1 atom stereocenters. The minimum absolute atomic E-state index is 0.00300. The third-order valence-corrected chi connectivity index (χ3v) is 5.44. The molecule has 0 radical (unpaired) electrons. The summed E-state index contributed by atoms with van der Waals surface area (Å²) in [4.78, 5) is 28.7. The quantitative estimate of drug-likeness (QED) is 0.459. The lowest BCUT2D eigenvalue weighted by Crippen LogP contribution is -2.23. The molecule has 2 aromatic carbocycles. The number of nitrogens with zero attached hydrogens (tertiary/aromatic N) is 2. The number of ether oxygens (including phenoxy) is 1. The number of hydrogen-bond donors (Lipinski definition) is 1. The lowest BCUT2D eigenvalue weighted by molar-refractivity contribution is -0.115. The van der Waals surface area contributed by atoms with E-state index in [1.807, 2.05) is 31.2 Å². The highest BCUT2D eigenvalue weighted by molar-refractivity contribution is 8.00. The molecule has 0 bridgehead atoms. The molecule has 7 heteroatoms. The number of imidazole rings is 1. The zero-order chi connectivity index (χ0) is 20.1. The number of thioether (sulfide) groups is 1. The van der Waals surface area contributed by atoms with Crippen LogP contribution in [0.25, 0.3) is 11.0 Å². The zero-order valence-electron chi connectivity index (χ0n) is 16.1. The Kier molecular flexibility index (Phi) is 6.49. The Hall–Kier alpha value is -2.64. The number of benzene rings is 2. The topological polar surface area (TPSA) is 73.2 Å². The molecular formula is C21H23N3O3S.